The van der Waals surface area contributed by atoms with Crippen molar-refractivity contribution in [2.24, 2.45) is 0 Å². The summed E-state index contributed by atoms with van der Waals surface area (Å²) in [5, 5.41) is 2.55. The molecule has 1 aromatic rings. The number of carbonyl (C=O) groups is 1. The third-order valence-electron chi connectivity index (χ3n) is 2.82. The highest BCUT2D eigenvalue weighted by Gasteiger charge is 2.24. The Kier molecular flexibility index (Phi) is 5.04. The van der Waals surface area contributed by atoms with Gasteiger partial charge in [-0.05, 0) is 18.2 Å². The average Bonchev–Trinajstić information content (AvgIpc) is 2.47. The number of methoxy groups -OCH3 is 1. The molecule has 9 heteroatoms. The standard InChI is InChI=1S/C12H14ClNO6S/c1-18-10-3-2-8(21(13,16)17)6-9(10)14-12(15)11-7-19-4-5-20-11/h2-3,6,11H,4-5,7H2,1H3,(H,14,15). The largest absolute Gasteiger partial charge is 0.495 e. The maximum atomic E-state index is 12.0. The Hall–Kier alpha value is -1.35. The lowest BCUT2D eigenvalue weighted by atomic mass is 10.2. The van der Waals surface area contributed by atoms with E-state index < -0.39 is 21.1 Å². The van der Waals surface area contributed by atoms with Crippen molar-refractivity contribution in [2.75, 3.05) is 32.2 Å². The molecule has 1 atom stereocenters. The van der Waals surface area contributed by atoms with Gasteiger partial charge in [0.05, 0.1) is 37.5 Å². The van der Waals surface area contributed by atoms with Gasteiger partial charge in [0.15, 0.2) is 6.10 Å². The molecule has 2 rings (SSSR count). The number of rotatable bonds is 4. The molecule has 1 aliphatic rings. The Morgan fingerprint density at radius 1 is 1.43 bits per heavy atom. The summed E-state index contributed by atoms with van der Waals surface area (Å²) < 4.78 is 38.2. The minimum absolute atomic E-state index is 0.138. The van der Waals surface area contributed by atoms with Crippen LogP contribution in [0.1, 0.15) is 0 Å². The molecular formula is C12H14ClNO6S. The van der Waals surface area contributed by atoms with Gasteiger partial charge >= 0.3 is 0 Å². The molecule has 1 amide bonds. The predicted molar refractivity (Wildman–Crippen MR) is 75.2 cm³/mol. The van der Waals surface area contributed by atoms with Gasteiger partial charge in [-0.3, -0.25) is 4.79 Å². The SMILES string of the molecule is COc1ccc(S(=O)(=O)Cl)cc1NC(=O)C1COCCO1. The number of halogens is 1. The Labute approximate surface area is 126 Å². The first-order chi connectivity index (χ1) is 9.91. The fourth-order valence-electron chi connectivity index (χ4n) is 1.79. The van der Waals surface area contributed by atoms with E-state index in [-0.39, 0.29) is 17.2 Å². The van der Waals surface area contributed by atoms with Crippen LogP contribution in [0.4, 0.5) is 5.69 Å². The van der Waals surface area contributed by atoms with Gasteiger partial charge in [-0.25, -0.2) is 8.42 Å². The second-order valence-electron chi connectivity index (χ2n) is 4.22. The Morgan fingerprint density at radius 2 is 2.19 bits per heavy atom. The average molecular weight is 336 g/mol. The number of amides is 1. The van der Waals surface area contributed by atoms with Crippen LogP contribution in [-0.2, 0) is 23.3 Å². The molecule has 1 saturated heterocycles. The third kappa shape index (κ3) is 4.07. The molecule has 1 aliphatic heterocycles. The van der Waals surface area contributed by atoms with Gasteiger partial charge in [-0.1, -0.05) is 0 Å². The topological polar surface area (TPSA) is 90.9 Å². The van der Waals surface area contributed by atoms with Crippen LogP contribution in [0.3, 0.4) is 0 Å². The van der Waals surface area contributed by atoms with Crippen molar-refractivity contribution in [1.82, 2.24) is 0 Å². The van der Waals surface area contributed by atoms with Crippen LogP contribution < -0.4 is 10.1 Å². The van der Waals surface area contributed by atoms with Crippen LogP contribution in [-0.4, -0.2) is 47.4 Å². The lowest BCUT2D eigenvalue weighted by Crippen LogP contribution is -2.39. The van der Waals surface area contributed by atoms with Crippen LogP contribution in [0.25, 0.3) is 0 Å². The summed E-state index contributed by atoms with van der Waals surface area (Å²) in [5.74, 6) is -0.138. The van der Waals surface area contributed by atoms with Gasteiger partial charge in [-0.15, -0.1) is 0 Å². The first-order valence-electron chi connectivity index (χ1n) is 6.04. The first-order valence-corrected chi connectivity index (χ1v) is 8.35. The lowest BCUT2D eigenvalue weighted by molar-refractivity contribution is -0.142. The molecular weight excluding hydrogens is 322 g/mol. The lowest BCUT2D eigenvalue weighted by Gasteiger charge is -2.22. The molecule has 1 fully saturated rings. The van der Waals surface area contributed by atoms with Crippen molar-refractivity contribution >= 4 is 31.3 Å². The molecule has 0 aromatic heterocycles. The van der Waals surface area contributed by atoms with Crippen LogP contribution in [0.5, 0.6) is 5.75 Å². The number of anilines is 1. The number of hydrogen-bond acceptors (Lipinski definition) is 6. The summed E-state index contributed by atoms with van der Waals surface area (Å²) in [4.78, 5) is 11.9. The van der Waals surface area contributed by atoms with Crippen molar-refractivity contribution in [3.8, 4) is 5.75 Å². The highest BCUT2D eigenvalue weighted by molar-refractivity contribution is 8.13. The monoisotopic (exact) mass is 335 g/mol. The minimum atomic E-state index is -3.90. The second kappa shape index (κ2) is 6.61. The number of nitrogens with one attached hydrogen (secondary N) is 1. The summed E-state index contributed by atoms with van der Waals surface area (Å²) in [5.41, 5.74) is 0.193. The fourth-order valence-corrected chi connectivity index (χ4v) is 2.57. The summed E-state index contributed by atoms with van der Waals surface area (Å²) in [6, 6.07) is 3.92. The highest BCUT2D eigenvalue weighted by Crippen LogP contribution is 2.29. The summed E-state index contributed by atoms with van der Waals surface area (Å²) >= 11 is 0. The van der Waals surface area contributed by atoms with E-state index >= 15 is 0 Å². The van der Waals surface area contributed by atoms with E-state index in [1.807, 2.05) is 0 Å². The molecule has 1 unspecified atom stereocenters. The van der Waals surface area contributed by atoms with Gasteiger partial charge in [0.2, 0.25) is 0 Å². The summed E-state index contributed by atoms with van der Waals surface area (Å²) in [6.07, 6.45) is -0.750. The van der Waals surface area contributed by atoms with Crippen LogP contribution in [0.15, 0.2) is 23.1 Å². The summed E-state index contributed by atoms with van der Waals surface area (Å²) in [6.45, 7) is 0.903. The van der Waals surface area contributed by atoms with Gasteiger partial charge in [0.1, 0.15) is 5.75 Å². The van der Waals surface area contributed by atoms with Gasteiger partial charge in [0.25, 0.3) is 15.0 Å². The minimum Gasteiger partial charge on any atom is -0.495 e. The molecule has 1 N–H and O–H groups in total. The van der Waals surface area contributed by atoms with Gasteiger partial charge in [-0.2, -0.15) is 0 Å². The zero-order valence-corrected chi connectivity index (χ0v) is 12.7. The van der Waals surface area contributed by atoms with Crippen molar-refractivity contribution in [2.45, 2.75) is 11.0 Å². The van der Waals surface area contributed by atoms with Gasteiger partial charge in [0, 0.05) is 10.7 Å². The molecule has 0 radical (unpaired) electrons. The van der Waals surface area contributed by atoms with E-state index in [4.69, 9.17) is 24.9 Å². The third-order valence-corrected chi connectivity index (χ3v) is 4.17. The molecule has 0 bridgehead atoms. The Bertz CT molecular complexity index is 627. The summed E-state index contributed by atoms with van der Waals surface area (Å²) in [7, 11) is 2.79. The van der Waals surface area contributed by atoms with E-state index in [2.05, 4.69) is 5.32 Å². The van der Waals surface area contributed by atoms with Gasteiger partial charge < -0.3 is 19.5 Å². The Morgan fingerprint density at radius 3 is 2.76 bits per heavy atom. The quantitative estimate of drug-likeness (QED) is 0.825. The molecule has 1 heterocycles. The number of ether oxygens (including phenoxy) is 3. The molecule has 0 spiro atoms. The maximum Gasteiger partial charge on any atom is 0.261 e. The van der Waals surface area contributed by atoms with Crippen molar-refractivity contribution in [1.29, 1.82) is 0 Å². The van der Waals surface area contributed by atoms with Crippen molar-refractivity contribution in [3.05, 3.63) is 18.2 Å². The molecule has 0 aliphatic carbocycles. The van der Waals surface area contributed by atoms with E-state index in [1.54, 1.807) is 0 Å². The molecule has 0 saturated carbocycles. The Balaban J connectivity index is 2.22. The van der Waals surface area contributed by atoms with E-state index in [0.29, 0.717) is 19.0 Å². The molecule has 116 valence electrons. The zero-order valence-electron chi connectivity index (χ0n) is 11.2. The van der Waals surface area contributed by atoms with E-state index in [9.17, 15) is 13.2 Å². The van der Waals surface area contributed by atoms with E-state index in [0.717, 1.165) is 0 Å². The van der Waals surface area contributed by atoms with Crippen LogP contribution in [0.2, 0.25) is 0 Å². The van der Waals surface area contributed by atoms with E-state index in [1.165, 1.54) is 25.3 Å². The first kappa shape index (κ1) is 16.0. The van der Waals surface area contributed by atoms with Crippen LogP contribution in [0, 0.1) is 0 Å². The smallest absolute Gasteiger partial charge is 0.261 e. The van der Waals surface area contributed by atoms with Crippen molar-refractivity contribution < 1.29 is 27.4 Å². The molecule has 21 heavy (non-hydrogen) atoms. The fraction of sp³-hybridized carbons (Fsp3) is 0.417. The van der Waals surface area contributed by atoms with Crippen molar-refractivity contribution in [3.63, 3.8) is 0 Å². The zero-order chi connectivity index (χ0) is 15.5. The normalized spacial score (nSPS) is 19.0. The maximum absolute atomic E-state index is 12.0. The van der Waals surface area contributed by atoms with Crippen LogP contribution >= 0.6 is 10.7 Å². The number of hydrogen-bond donors (Lipinski definition) is 1. The highest BCUT2D eigenvalue weighted by atomic mass is 35.7. The number of carbonyl (C=O) groups excluding carboxylic acids is 1. The second-order valence-corrected chi connectivity index (χ2v) is 6.79. The number of benzene rings is 1. The molecule has 1 aromatic carbocycles. The predicted octanol–water partition coefficient (Wildman–Crippen LogP) is 0.977. The molecule has 7 nitrogen and oxygen atoms in total.